The Morgan fingerprint density at radius 3 is 2.42 bits per heavy atom. The summed E-state index contributed by atoms with van der Waals surface area (Å²) in [7, 11) is 3.38. The Balaban J connectivity index is 0.00000338. The number of carbonyl (C=O) groups excluding carboxylic acids is 1. The summed E-state index contributed by atoms with van der Waals surface area (Å²) in [6.45, 7) is 5.52. The average molecular weight is 466 g/mol. The van der Waals surface area contributed by atoms with Crippen molar-refractivity contribution < 1.29 is 4.79 Å². The molecule has 26 heavy (non-hydrogen) atoms. The fraction of sp³-hybridized carbons (Fsp3) is 0.300. The third-order valence-corrected chi connectivity index (χ3v) is 4.04. The van der Waals surface area contributed by atoms with Gasteiger partial charge in [0.1, 0.15) is 0 Å². The van der Waals surface area contributed by atoms with Gasteiger partial charge in [-0.1, -0.05) is 35.9 Å². The molecule has 140 valence electrons. The second kappa shape index (κ2) is 10.8. The molecule has 1 amide bonds. The predicted octanol–water partition coefficient (Wildman–Crippen LogP) is 3.15. The van der Waals surface area contributed by atoms with Crippen LogP contribution in [0.25, 0.3) is 0 Å². The number of amides is 1. The van der Waals surface area contributed by atoms with Crippen molar-refractivity contribution in [2.75, 3.05) is 14.1 Å². The van der Waals surface area contributed by atoms with Gasteiger partial charge in [0.15, 0.2) is 5.96 Å². The third-order valence-electron chi connectivity index (χ3n) is 4.04. The van der Waals surface area contributed by atoms with Gasteiger partial charge in [-0.25, -0.2) is 0 Å². The molecule has 0 spiro atoms. The fourth-order valence-corrected chi connectivity index (χ4v) is 2.60. The van der Waals surface area contributed by atoms with E-state index in [4.69, 9.17) is 0 Å². The molecule has 2 aromatic rings. The van der Waals surface area contributed by atoms with Crippen LogP contribution in [0, 0.1) is 13.8 Å². The van der Waals surface area contributed by atoms with Gasteiger partial charge in [0.25, 0.3) is 5.91 Å². The minimum absolute atomic E-state index is 0. The van der Waals surface area contributed by atoms with Crippen molar-refractivity contribution in [2.45, 2.75) is 26.9 Å². The summed E-state index contributed by atoms with van der Waals surface area (Å²) < 4.78 is 0. The Bertz CT molecular complexity index is 774. The normalized spacial score (nSPS) is 10.7. The number of benzene rings is 2. The van der Waals surface area contributed by atoms with Crippen LogP contribution in [0.5, 0.6) is 0 Å². The van der Waals surface area contributed by atoms with E-state index in [1.54, 1.807) is 20.2 Å². The van der Waals surface area contributed by atoms with E-state index in [1.165, 1.54) is 16.7 Å². The number of nitrogens with zero attached hydrogens (tertiary/aromatic N) is 1. The highest BCUT2D eigenvalue weighted by molar-refractivity contribution is 14.0. The van der Waals surface area contributed by atoms with Crippen LogP contribution in [0.15, 0.2) is 47.5 Å². The summed E-state index contributed by atoms with van der Waals surface area (Å²) in [5.41, 5.74) is 5.45. The summed E-state index contributed by atoms with van der Waals surface area (Å²) in [4.78, 5) is 16.0. The Kier molecular flexibility index (Phi) is 9.12. The number of nitrogens with one attached hydrogen (secondary N) is 3. The molecular formula is C20H27IN4O. The van der Waals surface area contributed by atoms with Gasteiger partial charge in [-0.2, -0.15) is 0 Å². The molecule has 5 nitrogen and oxygen atoms in total. The standard InChI is InChI=1S/C20H26N4O.HI/c1-14-8-9-18(15(2)10-14)13-24-20(22-4)23-12-16-6-5-7-17(11-16)19(25)21-3;/h5-11H,12-13H2,1-4H3,(H,21,25)(H2,22,23,24);1H. The zero-order valence-corrected chi connectivity index (χ0v) is 18.0. The number of halogens is 1. The zero-order chi connectivity index (χ0) is 18.2. The van der Waals surface area contributed by atoms with Gasteiger partial charge in [-0.3, -0.25) is 9.79 Å². The molecule has 0 fully saturated rings. The molecule has 0 radical (unpaired) electrons. The number of carbonyl (C=O) groups is 1. The van der Waals surface area contributed by atoms with Crippen LogP contribution in [0.1, 0.15) is 32.6 Å². The van der Waals surface area contributed by atoms with Crippen LogP contribution in [-0.2, 0) is 13.1 Å². The first kappa shape index (κ1) is 22.0. The summed E-state index contributed by atoms with van der Waals surface area (Å²) >= 11 is 0. The molecule has 0 saturated carbocycles. The van der Waals surface area contributed by atoms with Crippen LogP contribution in [0.4, 0.5) is 0 Å². The molecule has 0 aromatic heterocycles. The van der Waals surface area contributed by atoms with Crippen LogP contribution in [0.3, 0.4) is 0 Å². The van der Waals surface area contributed by atoms with E-state index < -0.39 is 0 Å². The van der Waals surface area contributed by atoms with Crippen LogP contribution < -0.4 is 16.0 Å². The van der Waals surface area contributed by atoms with E-state index >= 15 is 0 Å². The van der Waals surface area contributed by atoms with Crippen LogP contribution in [0.2, 0.25) is 0 Å². The van der Waals surface area contributed by atoms with Crippen molar-refractivity contribution >= 4 is 35.8 Å². The van der Waals surface area contributed by atoms with Crippen molar-refractivity contribution in [3.8, 4) is 0 Å². The van der Waals surface area contributed by atoms with Gasteiger partial charge in [0.2, 0.25) is 0 Å². The SMILES string of the molecule is CN=C(NCc1cccc(C(=O)NC)c1)NCc1ccc(C)cc1C.I. The van der Waals surface area contributed by atoms with E-state index in [9.17, 15) is 4.79 Å². The van der Waals surface area contributed by atoms with Crippen molar-refractivity contribution in [1.82, 2.24) is 16.0 Å². The first-order valence-electron chi connectivity index (χ1n) is 8.35. The lowest BCUT2D eigenvalue weighted by Gasteiger charge is -2.14. The van der Waals surface area contributed by atoms with E-state index in [1.807, 2.05) is 18.2 Å². The molecule has 0 aliphatic rings. The third kappa shape index (κ3) is 6.33. The first-order chi connectivity index (χ1) is 12.0. The van der Waals surface area contributed by atoms with Gasteiger partial charge in [-0.15, -0.1) is 24.0 Å². The van der Waals surface area contributed by atoms with Crippen molar-refractivity contribution in [3.05, 3.63) is 70.3 Å². The molecule has 0 saturated heterocycles. The number of guanidine groups is 1. The second-order valence-corrected chi connectivity index (χ2v) is 5.99. The maximum Gasteiger partial charge on any atom is 0.251 e. The lowest BCUT2D eigenvalue weighted by Crippen LogP contribution is -2.36. The quantitative estimate of drug-likeness (QED) is 0.361. The Labute approximate surface area is 172 Å². The predicted molar refractivity (Wildman–Crippen MR) is 118 cm³/mol. The lowest BCUT2D eigenvalue weighted by molar-refractivity contribution is 0.0963. The monoisotopic (exact) mass is 466 g/mol. The second-order valence-electron chi connectivity index (χ2n) is 5.99. The molecule has 2 aromatic carbocycles. The Morgan fingerprint density at radius 2 is 1.77 bits per heavy atom. The van der Waals surface area contributed by atoms with E-state index in [0.29, 0.717) is 18.7 Å². The summed E-state index contributed by atoms with van der Waals surface area (Å²) in [6, 6.07) is 14.0. The minimum Gasteiger partial charge on any atom is -0.355 e. The molecule has 0 heterocycles. The minimum atomic E-state index is -0.0841. The van der Waals surface area contributed by atoms with Crippen molar-refractivity contribution in [3.63, 3.8) is 0 Å². The molecule has 6 heteroatoms. The number of aryl methyl sites for hydroxylation is 2. The van der Waals surface area contributed by atoms with Crippen molar-refractivity contribution in [2.24, 2.45) is 4.99 Å². The Hall–Kier alpha value is -2.09. The van der Waals surface area contributed by atoms with Gasteiger partial charge in [-0.05, 0) is 42.7 Å². The molecule has 0 unspecified atom stereocenters. The molecule has 3 N–H and O–H groups in total. The highest BCUT2D eigenvalue weighted by atomic mass is 127. The molecule has 0 aliphatic heterocycles. The van der Waals surface area contributed by atoms with E-state index in [0.717, 1.165) is 11.5 Å². The zero-order valence-electron chi connectivity index (χ0n) is 15.7. The summed E-state index contributed by atoms with van der Waals surface area (Å²) in [5.74, 6) is 0.643. The van der Waals surface area contributed by atoms with Gasteiger partial charge in [0.05, 0.1) is 0 Å². The van der Waals surface area contributed by atoms with Gasteiger partial charge < -0.3 is 16.0 Å². The van der Waals surface area contributed by atoms with Gasteiger partial charge >= 0.3 is 0 Å². The first-order valence-corrected chi connectivity index (χ1v) is 8.35. The van der Waals surface area contributed by atoms with Crippen LogP contribution in [-0.4, -0.2) is 26.0 Å². The maximum absolute atomic E-state index is 11.7. The summed E-state index contributed by atoms with van der Waals surface area (Å²) in [6.07, 6.45) is 0. The molecular weight excluding hydrogens is 439 g/mol. The van der Waals surface area contributed by atoms with Crippen LogP contribution >= 0.6 is 24.0 Å². The number of aliphatic imine (C=N–C) groups is 1. The molecule has 0 atom stereocenters. The van der Waals surface area contributed by atoms with Gasteiger partial charge in [0, 0.05) is 32.7 Å². The number of rotatable bonds is 5. The highest BCUT2D eigenvalue weighted by Crippen LogP contribution is 2.10. The molecule has 2 rings (SSSR count). The maximum atomic E-state index is 11.7. The number of hydrogen-bond acceptors (Lipinski definition) is 2. The van der Waals surface area contributed by atoms with E-state index in [2.05, 4.69) is 53.0 Å². The lowest BCUT2D eigenvalue weighted by atomic mass is 10.1. The Morgan fingerprint density at radius 1 is 1.04 bits per heavy atom. The number of hydrogen-bond donors (Lipinski definition) is 3. The fourth-order valence-electron chi connectivity index (χ4n) is 2.60. The van der Waals surface area contributed by atoms with E-state index in [-0.39, 0.29) is 29.9 Å². The molecule has 0 aliphatic carbocycles. The molecule has 0 bridgehead atoms. The van der Waals surface area contributed by atoms with Crippen molar-refractivity contribution in [1.29, 1.82) is 0 Å². The summed E-state index contributed by atoms with van der Waals surface area (Å²) in [5, 5.41) is 9.24. The smallest absolute Gasteiger partial charge is 0.251 e. The largest absolute Gasteiger partial charge is 0.355 e. The highest BCUT2D eigenvalue weighted by Gasteiger charge is 2.05. The average Bonchev–Trinajstić information content (AvgIpc) is 2.62. The topological polar surface area (TPSA) is 65.5 Å².